The van der Waals surface area contributed by atoms with E-state index in [-0.39, 0.29) is 24.1 Å². The lowest BCUT2D eigenvalue weighted by atomic mass is 9.70. The zero-order valence-corrected chi connectivity index (χ0v) is 12.7. The number of nitrogens with one attached hydrogen (secondary N) is 1. The van der Waals surface area contributed by atoms with E-state index in [0.29, 0.717) is 35.6 Å². The number of benzene rings is 1. The number of hydrogen-bond acceptors (Lipinski definition) is 5. The molecule has 22 heavy (non-hydrogen) atoms. The molecule has 3 aliphatic carbocycles. The molecule has 5 aliphatic rings. The fourth-order valence-corrected chi connectivity index (χ4v) is 6.13. The van der Waals surface area contributed by atoms with Gasteiger partial charge in [-0.2, -0.15) is 0 Å². The lowest BCUT2D eigenvalue weighted by Crippen LogP contribution is -2.47. The summed E-state index contributed by atoms with van der Waals surface area (Å²) >= 11 is 0. The monoisotopic (exact) mass is 323 g/mol. The highest BCUT2D eigenvalue weighted by atomic mass is 32.2. The highest BCUT2D eigenvalue weighted by Crippen LogP contribution is 2.54. The first-order valence-electron chi connectivity index (χ1n) is 7.68. The van der Waals surface area contributed by atoms with Crippen molar-refractivity contribution in [3.05, 3.63) is 18.2 Å². The van der Waals surface area contributed by atoms with Gasteiger partial charge in [-0.15, -0.1) is 0 Å². The van der Waals surface area contributed by atoms with Crippen molar-refractivity contribution >= 4 is 15.7 Å². The maximum absolute atomic E-state index is 12.8. The van der Waals surface area contributed by atoms with Gasteiger partial charge in [-0.05, 0) is 37.3 Å². The zero-order chi connectivity index (χ0) is 14.9. The van der Waals surface area contributed by atoms with Gasteiger partial charge in [-0.3, -0.25) is 4.72 Å². The first kappa shape index (κ1) is 13.0. The fourth-order valence-electron chi connectivity index (χ4n) is 4.27. The molecule has 6 nitrogen and oxygen atoms in total. The highest BCUT2D eigenvalue weighted by molar-refractivity contribution is 7.93. The van der Waals surface area contributed by atoms with Crippen molar-refractivity contribution in [2.45, 2.75) is 36.7 Å². The molecule has 1 aromatic carbocycles. The second-order valence-corrected chi connectivity index (χ2v) is 8.46. The fraction of sp³-hybridized carbons (Fsp3) is 0.600. The molecule has 3 saturated carbocycles. The number of ether oxygens (including phenoxy) is 3. The molecule has 0 radical (unpaired) electrons. The van der Waals surface area contributed by atoms with E-state index < -0.39 is 10.0 Å². The van der Waals surface area contributed by atoms with Crippen molar-refractivity contribution in [2.75, 3.05) is 11.5 Å². The Balaban J connectivity index is 1.40. The molecule has 2 heterocycles. The van der Waals surface area contributed by atoms with Crippen LogP contribution in [-0.2, 0) is 14.8 Å². The Bertz CT molecular complexity index is 733. The summed E-state index contributed by atoms with van der Waals surface area (Å²) in [4.78, 5) is 0. The topological polar surface area (TPSA) is 77.2 Å². The average molecular weight is 323 g/mol. The molecule has 1 N–H and O–H groups in total. The summed E-state index contributed by atoms with van der Waals surface area (Å²) in [7, 11) is -3.42. The van der Waals surface area contributed by atoms with Crippen LogP contribution in [0.1, 0.15) is 19.3 Å². The third-order valence-corrected chi connectivity index (χ3v) is 7.22. The Labute approximate surface area is 128 Å². The third kappa shape index (κ3) is 1.85. The Hall–Kier alpha value is -1.47. The summed E-state index contributed by atoms with van der Waals surface area (Å²) in [5.41, 5.74) is 0.527. The maximum Gasteiger partial charge on any atom is 0.236 e. The van der Waals surface area contributed by atoms with E-state index >= 15 is 0 Å². The van der Waals surface area contributed by atoms with E-state index in [1.165, 1.54) is 0 Å². The number of sulfonamides is 1. The lowest BCUT2D eigenvalue weighted by Gasteiger charge is -2.38. The molecule has 0 aromatic heterocycles. The van der Waals surface area contributed by atoms with Gasteiger partial charge in [0, 0.05) is 12.0 Å². The Morgan fingerprint density at radius 3 is 2.82 bits per heavy atom. The van der Waals surface area contributed by atoms with Crippen molar-refractivity contribution in [1.82, 2.24) is 0 Å². The number of epoxide rings is 1. The summed E-state index contributed by atoms with van der Waals surface area (Å²) in [5, 5.41) is -0.347. The van der Waals surface area contributed by atoms with Crippen LogP contribution in [0.15, 0.2) is 18.2 Å². The SMILES string of the molecule is O=S(=O)(Nc1ccc2c(c1)OCO2)[C@@H]1C[C@H]2CC[C@@H]1[C@@H]1O[C@H]21. The van der Waals surface area contributed by atoms with Gasteiger partial charge < -0.3 is 14.2 Å². The highest BCUT2D eigenvalue weighted by Gasteiger charge is 2.61. The van der Waals surface area contributed by atoms with Crippen LogP contribution in [0.3, 0.4) is 0 Å². The molecular weight excluding hydrogens is 306 g/mol. The van der Waals surface area contributed by atoms with Crippen LogP contribution in [0.2, 0.25) is 0 Å². The number of rotatable bonds is 3. The molecule has 5 atom stereocenters. The molecule has 2 aliphatic heterocycles. The van der Waals surface area contributed by atoms with Crippen molar-refractivity contribution in [3.63, 3.8) is 0 Å². The minimum atomic E-state index is -3.42. The predicted octanol–water partition coefficient (Wildman–Crippen LogP) is 1.72. The number of hydrogen-bond donors (Lipinski definition) is 1. The van der Waals surface area contributed by atoms with E-state index in [9.17, 15) is 8.42 Å². The predicted molar refractivity (Wildman–Crippen MR) is 78.4 cm³/mol. The molecule has 0 unspecified atom stereocenters. The van der Waals surface area contributed by atoms with Crippen LogP contribution in [0.5, 0.6) is 11.5 Å². The zero-order valence-electron chi connectivity index (χ0n) is 11.9. The molecule has 1 aromatic rings. The quantitative estimate of drug-likeness (QED) is 0.857. The van der Waals surface area contributed by atoms with Crippen LogP contribution in [0.25, 0.3) is 0 Å². The second-order valence-electron chi connectivity index (χ2n) is 6.56. The van der Waals surface area contributed by atoms with Gasteiger partial charge in [0.1, 0.15) is 0 Å². The van der Waals surface area contributed by atoms with E-state index in [4.69, 9.17) is 14.2 Å². The van der Waals surface area contributed by atoms with E-state index in [0.717, 1.165) is 12.8 Å². The van der Waals surface area contributed by atoms with Gasteiger partial charge in [-0.1, -0.05) is 0 Å². The van der Waals surface area contributed by atoms with Crippen LogP contribution in [-0.4, -0.2) is 32.7 Å². The van der Waals surface area contributed by atoms with Crippen LogP contribution in [0.4, 0.5) is 5.69 Å². The molecule has 2 bridgehead atoms. The number of anilines is 1. The van der Waals surface area contributed by atoms with Gasteiger partial charge in [0.2, 0.25) is 16.8 Å². The summed E-state index contributed by atoms with van der Waals surface area (Å²) in [6.07, 6.45) is 3.27. The second kappa shape index (κ2) is 4.29. The molecule has 6 rings (SSSR count). The van der Waals surface area contributed by atoms with E-state index in [1.807, 2.05) is 0 Å². The van der Waals surface area contributed by atoms with Gasteiger partial charge in [-0.25, -0.2) is 8.42 Å². The van der Waals surface area contributed by atoms with Crippen molar-refractivity contribution < 1.29 is 22.6 Å². The smallest absolute Gasteiger partial charge is 0.236 e. The Kier molecular flexibility index (Phi) is 2.54. The first-order valence-corrected chi connectivity index (χ1v) is 9.23. The van der Waals surface area contributed by atoms with Gasteiger partial charge in [0.25, 0.3) is 0 Å². The number of fused-ring (bicyclic) bond motifs is 3. The maximum atomic E-state index is 12.8. The van der Waals surface area contributed by atoms with E-state index in [1.54, 1.807) is 18.2 Å². The molecule has 4 fully saturated rings. The van der Waals surface area contributed by atoms with Gasteiger partial charge in [0.15, 0.2) is 11.5 Å². The first-order chi connectivity index (χ1) is 10.6. The van der Waals surface area contributed by atoms with Crippen molar-refractivity contribution in [2.24, 2.45) is 11.8 Å². The molecule has 0 amide bonds. The van der Waals surface area contributed by atoms with Crippen LogP contribution >= 0.6 is 0 Å². The van der Waals surface area contributed by atoms with Crippen molar-refractivity contribution in [1.29, 1.82) is 0 Å². The molecule has 118 valence electrons. The summed E-state index contributed by atoms with van der Waals surface area (Å²) < 4.78 is 44.5. The summed E-state index contributed by atoms with van der Waals surface area (Å²) in [5.74, 6) is 1.78. The molecule has 7 heteroatoms. The largest absolute Gasteiger partial charge is 0.454 e. The average Bonchev–Trinajstić information content (AvgIpc) is 3.22. The van der Waals surface area contributed by atoms with Gasteiger partial charge >= 0.3 is 0 Å². The van der Waals surface area contributed by atoms with Crippen molar-refractivity contribution in [3.8, 4) is 11.5 Å². The van der Waals surface area contributed by atoms with Crippen LogP contribution in [0, 0.1) is 11.8 Å². The summed E-state index contributed by atoms with van der Waals surface area (Å²) in [6.45, 7) is 0.179. The minimum Gasteiger partial charge on any atom is -0.454 e. The minimum absolute atomic E-state index is 0.140. The molecule has 0 spiro atoms. The van der Waals surface area contributed by atoms with Crippen LogP contribution < -0.4 is 14.2 Å². The molecule has 1 saturated heterocycles. The Morgan fingerprint density at radius 1 is 1.09 bits per heavy atom. The third-order valence-electron chi connectivity index (χ3n) is 5.36. The summed E-state index contributed by atoms with van der Waals surface area (Å²) in [6, 6.07) is 5.12. The normalized spacial score (nSPS) is 37.7. The van der Waals surface area contributed by atoms with E-state index in [2.05, 4.69) is 4.72 Å². The standard InChI is InChI=1S/C15H17NO5S/c17-22(18,13-5-8-1-3-10(13)15-14(8)21-15)16-9-2-4-11-12(6-9)20-7-19-11/h2,4,6,8,10,13-16H,1,3,5,7H2/t8-,10+,13-,14-,15+/m1/s1. The Morgan fingerprint density at radius 2 is 1.95 bits per heavy atom. The lowest BCUT2D eigenvalue weighted by molar-refractivity contribution is 0.174. The molecular formula is C15H17NO5S. The van der Waals surface area contributed by atoms with Gasteiger partial charge in [0.05, 0.1) is 23.1 Å².